The molecule has 0 saturated carbocycles. The smallest absolute Gasteiger partial charge is 0.230 e. The van der Waals surface area contributed by atoms with Crippen LogP contribution in [-0.4, -0.2) is 28.6 Å². The Morgan fingerprint density at radius 3 is 2.12 bits per heavy atom. The Morgan fingerprint density at radius 1 is 0.960 bits per heavy atom. The molecular formula is C21H26N2O2. The number of nitrogens with zero attached hydrogens (tertiary/aromatic N) is 2. The van der Waals surface area contributed by atoms with E-state index in [1.807, 2.05) is 70.2 Å². The highest BCUT2D eigenvalue weighted by Crippen LogP contribution is 2.24. The van der Waals surface area contributed by atoms with Gasteiger partial charge in [-0.1, -0.05) is 44.2 Å². The number of ketones is 1. The van der Waals surface area contributed by atoms with Crippen molar-refractivity contribution in [2.75, 3.05) is 7.05 Å². The predicted molar refractivity (Wildman–Crippen MR) is 99.4 cm³/mol. The van der Waals surface area contributed by atoms with E-state index in [1.54, 1.807) is 18.1 Å². The van der Waals surface area contributed by atoms with E-state index >= 15 is 0 Å². The second-order valence-corrected chi connectivity index (χ2v) is 6.74. The van der Waals surface area contributed by atoms with E-state index in [0.717, 1.165) is 11.3 Å². The first-order chi connectivity index (χ1) is 11.8. The molecule has 0 aliphatic heterocycles. The van der Waals surface area contributed by atoms with E-state index in [1.165, 1.54) is 0 Å². The molecule has 132 valence electrons. The minimum Gasteiger partial charge on any atom is -0.337 e. The van der Waals surface area contributed by atoms with Crippen LogP contribution in [0.1, 0.15) is 61.3 Å². The first-order valence-electron chi connectivity index (χ1n) is 8.64. The molecule has 4 heteroatoms. The number of hydrogen-bond acceptors (Lipinski definition) is 3. The zero-order valence-electron chi connectivity index (χ0n) is 15.6. The maximum atomic E-state index is 12.8. The van der Waals surface area contributed by atoms with Gasteiger partial charge < -0.3 is 4.90 Å². The Morgan fingerprint density at radius 2 is 1.60 bits per heavy atom. The Bertz CT molecular complexity index is 723. The molecule has 0 bridgehead atoms. The molecule has 1 amide bonds. The molecule has 0 spiro atoms. The fourth-order valence-corrected chi connectivity index (χ4v) is 2.73. The molecule has 0 aliphatic carbocycles. The van der Waals surface area contributed by atoms with Crippen LogP contribution in [0.25, 0.3) is 0 Å². The van der Waals surface area contributed by atoms with Crippen LogP contribution in [-0.2, 0) is 4.79 Å². The zero-order chi connectivity index (χ0) is 18.6. The monoisotopic (exact) mass is 338 g/mol. The third kappa shape index (κ3) is 4.32. The van der Waals surface area contributed by atoms with Crippen molar-refractivity contribution in [1.29, 1.82) is 0 Å². The van der Waals surface area contributed by atoms with Gasteiger partial charge in [-0.15, -0.1) is 0 Å². The van der Waals surface area contributed by atoms with Crippen LogP contribution in [0.5, 0.6) is 0 Å². The molecule has 0 unspecified atom stereocenters. The molecule has 2 rings (SSSR count). The average molecular weight is 338 g/mol. The summed E-state index contributed by atoms with van der Waals surface area (Å²) < 4.78 is 0. The summed E-state index contributed by atoms with van der Waals surface area (Å²) in [7, 11) is 1.80. The quantitative estimate of drug-likeness (QED) is 0.740. The third-order valence-electron chi connectivity index (χ3n) is 4.63. The van der Waals surface area contributed by atoms with Crippen LogP contribution in [0, 0.1) is 5.92 Å². The van der Waals surface area contributed by atoms with Crippen LogP contribution >= 0.6 is 0 Å². The molecule has 1 heterocycles. The van der Waals surface area contributed by atoms with Gasteiger partial charge in [0.25, 0.3) is 0 Å². The van der Waals surface area contributed by atoms with Crippen molar-refractivity contribution in [2.24, 2.45) is 5.92 Å². The Balaban J connectivity index is 2.12. The van der Waals surface area contributed by atoms with Crippen molar-refractivity contribution in [3.8, 4) is 0 Å². The highest BCUT2D eigenvalue weighted by molar-refractivity contribution is 5.97. The third-order valence-corrected chi connectivity index (χ3v) is 4.63. The molecule has 0 aliphatic rings. The number of rotatable bonds is 6. The number of pyridine rings is 1. The lowest BCUT2D eigenvalue weighted by atomic mass is 9.95. The van der Waals surface area contributed by atoms with Gasteiger partial charge >= 0.3 is 0 Å². The number of amides is 1. The van der Waals surface area contributed by atoms with Crippen molar-refractivity contribution in [1.82, 2.24) is 9.88 Å². The molecule has 0 fully saturated rings. The van der Waals surface area contributed by atoms with Crippen molar-refractivity contribution in [3.05, 3.63) is 65.5 Å². The number of hydrogen-bond donors (Lipinski definition) is 0. The van der Waals surface area contributed by atoms with Gasteiger partial charge in [0, 0.05) is 24.7 Å². The molecule has 0 saturated heterocycles. The van der Waals surface area contributed by atoms with E-state index in [2.05, 4.69) is 4.98 Å². The highest BCUT2D eigenvalue weighted by Gasteiger charge is 2.24. The predicted octanol–water partition coefficient (Wildman–Crippen LogP) is 4.24. The normalized spacial score (nSPS) is 13.4. The van der Waals surface area contributed by atoms with E-state index in [9.17, 15) is 9.59 Å². The van der Waals surface area contributed by atoms with Crippen LogP contribution < -0.4 is 0 Å². The van der Waals surface area contributed by atoms with Gasteiger partial charge in [0.1, 0.15) is 0 Å². The summed E-state index contributed by atoms with van der Waals surface area (Å²) in [4.78, 5) is 30.9. The average Bonchev–Trinajstić information content (AvgIpc) is 2.65. The maximum absolute atomic E-state index is 12.8. The molecule has 1 aromatic heterocycles. The maximum Gasteiger partial charge on any atom is 0.230 e. The van der Waals surface area contributed by atoms with Crippen molar-refractivity contribution >= 4 is 11.7 Å². The zero-order valence-corrected chi connectivity index (χ0v) is 15.6. The Hall–Kier alpha value is -2.49. The lowest BCUT2D eigenvalue weighted by Gasteiger charge is -2.27. The number of carbonyl (C=O) groups excluding carboxylic acids is 2. The first kappa shape index (κ1) is 18.8. The second-order valence-electron chi connectivity index (χ2n) is 6.74. The largest absolute Gasteiger partial charge is 0.337 e. The van der Waals surface area contributed by atoms with Crippen molar-refractivity contribution < 1.29 is 9.59 Å². The van der Waals surface area contributed by atoms with E-state index in [0.29, 0.717) is 5.56 Å². The molecule has 0 N–H and O–H groups in total. The van der Waals surface area contributed by atoms with Gasteiger partial charge in [-0.2, -0.15) is 0 Å². The molecule has 4 nitrogen and oxygen atoms in total. The Kier molecular flexibility index (Phi) is 6.07. The highest BCUT2D eigenvalue weighted by atomic mass is 16.2. The minimum atomic E-state index is -0.278. The van der Waals surface area contributed by atoms with Gasteiger partial charge in [0.15, 0.2) is 5.78 Å². The van der Waals surface area contributed by atoms with Crippen LogP contribution in [0.2, 0.25) is 0 Å². The standard InChI is InChI=1S/C21H26N2O2/c1-14(2)20(24)18-11-9-17(10-12-18)15(3)21(25)23(5)16(4)19-8-6-7-13-22-19/h6-16H,1-5H3/t15-,16-/m0/s1. The number of aromatic nitrogens is 1. The summed E-state index contributed by atoms with van der Waals surface area (Å²) in [5, 5.41) is 0. The fraction of sp³-hybridized carbons (Fsp3) is 0.381. The lowest BCUT2D eigenvalue weighted by Crippen LogP contribution is -2.33. The molecular weight excluding hydrogens is 312 g/mol. The second kappa shape index (κ2) is 8.06. The van der Waals surface area contributed by atoms with Crippen molar-refractivity contribution in [3.63, 3.8) is 0 Å². The first-order valence-corrected chi connectivity index (χ1v) is 8.64. The van der Waals surface area contributed by atoms with Gasteiger partial charge in [-0.05, 0) is 31.5 Å². The summed E-state index contributed by atoms with van der Waals surface area (Å²) in [5.74, 6) is -0.165. The minimum absolute atomic E-state index is 0.0288. The lowest BCUT2D eigenvalue weighted by molar-refractivity contribution is -0.133. The van der Waals surface area contributed by atoms with Crippen LogP contribution in [0.4, 0.5) is 0 Å². The summed E-state index contributed by atoms with van der Waals surface area (Å²) in [6, 6.07) is 13.0. The SMILES string of the molecule is CC(C)C(=O)c1ccc([C@H](C)C(=O)N(C)[C@@H](C)c2ccccn2)cc1. The van der Waals surface area contributed by atoms with E-state index in [-0.39, 0.29) is 29.6 Å². The van der Waals surface area contributed by atoms with Crippen LogP contribution in [0.15, 0.2) is 48.7 Å². The van der Waals surface area contributed by atoms with Crippen molar-refractivity contribution in [2.45, 2.75) is 39.7 Å². The molecule has 1 aromatic carbocycles. The topological polar surface area (TPSA) is 50.3 Å². The van der Waals surface area contributed by atoms with E-state index < -0.39 is 0 Å². The van der Waals surface area contributed by atoms with Gasteiger partial charge in [-0.3, -0.25) is 14.6 Å². The number of benzene rings is 1. The Labute approximate surface area is 149 Å². The molecule has 25 heavy (non-hydrogen) atoms. The van der Waals surface area contributed by atoms with E-state index in [4.69, 9.17) is 0 Å². The fourth-order valence-electron chi connectivity index (χ4n) is 2.73. The van der Waals surface area contributed by atoms with Gasteiger partial charge in [0.05, 0.1) is 17.7 Å². The summed E-state index contributed by atoms with van der Waals surface area (Å²) in [6.07, 6.45) is 1.73. The van der Waals surface area contributed by atoms with Crippen LogP contribution in [0.3, 0.4) is 0 Å². The van der Waals surface area contributed by atoms with Gasteiger partial charge in [0.2, 0.25) is 5.91 Å². The van der Waals surface area contributed by atoms with Gasteiger partial charge in [-0.25, -0.2) is 0 Å². The molecule has 2 aromatic rings. The summed E-state index contributed by atoms with van der Waals surface area (Å²) in [6.45, 7) is 7.63. The number of carbonyl (C=O) groups is 2. The summed E-state index contributed by atoms with van der Waals surface area (Å²) >= 11 is 0. The molecule has 0 radical (unpaired) electrons. The molecule has 2 atom stereocenters. The number of likely N-dealkylation sites (N-methyl/N-ethyl adjacent to an activating group) is 1. The number of Topliss-reactive ketones (excluding diaryl/α,β-unsaturated/α-hetero) is 1. The summed E-state index contributed by atoms with van der Waals surface area (Å²) in [5.41, 5.74) is 2.46.